The van der Waals surface area contributed by atoms with E-state index in [-0.39, 0.29) is 11.7 Å². The number of nitrogens with zero attached hydrogens (tertiary/aromatic N) is 4. The highest BCUT2D eigenvalue weighted by molar-refractivity contribution is 9.10. The van der Waals surface area contributed by atoms with E-state index in [0.29, 0.717) is 38.5 Å². The summed E-state index contributed by atoms with van der Waals surface area (Å²) in [6.45, 7) is 4.23. The number of amides is 1. The summed E-state index contributed by atoms with van der Waals surface area (Å²) in [5.41, 5.74) is 0.453. The molecule has 0 spiro atoms. The zero-order valence-corrected chi connectivity index (χ0v) is 16.5. The van der Waals surface area contributed by atoms with Crippen LogP contribution in [0.2, 0.25) is 0 Å². The van der Waals surface area contributed by atoms with E-state index in [0.717, 1.165) is 0 Å². The van der Waals surface area contributed by atoms with Gasteiger partial charge in [0.1, 0.15) is 11.1 Å². The van der Waals surface area contributed by atoms with Crippen molar-refractivity contribution in [2.75, 3.05) is 11.1 Å². The summed E-state index contributed by atoms with van der Waals surface area (Å²) in [6, 6.07) is 7.27. The van der Waals surface area contributed by atoms with E-state index in [1.165, 1.54) is 23.1 Å². The second-order valence-corrected chi connectivity index (χ2v) is 7.56. The largest absolute Gasteiger partial charge is 0.446 e. The van der Waals surface area contributed by atoms with Gasteiger partial charge in [-0.3, -0.25) is 9.36 Å². The average Bonchev–Trinajstić information content (AvgIpc) is 3.33. The molecular formula is C16H12BrN5O2S2. The summed E-state index contributed by atoms with van der Waals surface area (Å²) in [5, 5.41) is 22.9. The van der Waals surface area contributed by atoms with E-state index in [9.17, 15) is 4.79 Å². The molecule has 0 unspecified atom stereocenters. The molecular weight excluding hydrogens is 438 g/mol. The SMILES string of the molecule is C=CCn1c(SCC(=O)Nc2sccc2C#N)nnc1-c1ccc(Br)o1. The summed E-state index contributed by atoms with van der Waals surface area (Å²) < 4.78 is 7.95. The number of hydrogen-bond acceptors (Lipinski definition) is 7. The van der Waals surface area contributed by atoms with Crippen molar-refractivity contribution in [1.82, 2.24) is 14.8 Å². The third-order valence-corrected chi connectivity index (χ3v) is 5.42. The molecule has 1 N–H and O–H groups in total. The molecule has 0 aromatic carbocycles. The lowest BCUT2D eigenvalue weighted by Crippen LogP contribution is -2.14. The van der Waals surface area contributed by atoms with E-state index in [4.69, 9.17) is 9.68 Å². The highest BCUT2D eigenvalue weighted by atomic mass is 79.9. The standard InChI is InChI=1S/C16H12BrN5O2S2/c1-2-6-22-14(11-3-4-12(17)24-11)20-21-16(22)26-9-13(23)19-15-10(8-18)5-7-25-15/h2-5,7H,1,6,9H2,(H,19,23). The van der Waals surface area contributed by atoms with Gasteiger partial charge >= 0.3 is 0 Å². The number of carbonyl (C=O) groups excluding carboxylic acids is 1. The number of rotatable bonds is 7. The second-order valence-electron chi connectivity index (χ2n) is 4.92. The quantitative estimate of drug-likeness (QED) is 0.429. The number of nitrogens with one attached hydrogen (secondary N) is 1. The summed E-state index contributed by atoms with van der Waals surface area (Å²) in [6.07, 6.45) is 1.72. The highest BCUT2D eigenvalue weighted by Gasteiger charge is 2.18. The molecule has 3 aromatic rings. The number of halogens is 1. The number of nitriles is 1. The van der Waals surface area contributed by atoms with E-state index < -0.39 is 0 Å². The number of furan rings is 1. The molecule has 0 bridgehead atoms. The van der Waals surface area contributed by atoms with Crippen LogP contribution in [0.5, 0.6) is 0 Å². The van der Waals surface area contributed by atoms with Gasteiger partial charge in [-0.05, 0) is 39.5 Å². The van der Waals surface area contributed by atoms with Crippen LogP contribution < -0.4 is 5.32 Å². The monoisotopic (exact) mass is 449 g/mol. The van der Waals surface area contributed by atoms with Crippen molar-refractivity contribution in [2.24, 2.45) is 0 Å². The zero-order valence-electron chi connectivity index (χ0n) is 13.3. The van der Waals surface area contributed by atoms with Crippen molar-refractivity contribution in [2.45, 2.75) is 11.7 Å². The van der Waals surface area contributed by atoms with Crippen molar-refractivity contribution in [1.29, 1.82) is 5.26 Å². The van der Waals surface area contributed by atoms with Crippen LogP contribution in [-0.2, 0) is 11.3 Å². The number of carbonyl (C=O) groups is 1. The first-order valence-electron chi connectivity index (χ1n) is 7.32. The number of aromatic nitrogens is 3. The Morgan fingerprint density at radius 1 is 1.50 bits per heavy atom. The van der Waals surface area contributed by atoms with Crippen molar-refractivity contribution in [3.63, 3.8) is 0 Å². The molecule has 132 valence electrons. The molecule has 3 heterocycles. The minimum absolute atomic E-state index is 0.139. The van der Waals surface area contributed by atoms with E-state index >= 15 is 0 Å². The second kappa shape index (κ2) is 8.35. The topological polar surface area (TPSA) is 96.7 Å². The Hall–Kier alpha value is -2.35. The van der Waals surface area contributed by atoms with Gasteiger partial charge in [0.25, 0.3) is 0 Å². The molecule has 3 rings (SSSR count). The maximum atomic E-state index is 12.2. The van der Waals surface area contributed by atoms with Crippen LogP contribution in [-0.4, -0.2) is 26.4 Å². The molecule has 1 amide bonds. The minimum atomic E-state index is -0.218. The Morgan fingerprint density at radius 2 is 2.35 bits per heavy atom. The maximum Gasteiger partial charge on any atom is 0.235 e. The van der Waals surface area contributed by atoms with Crippen molar-refractivity contribution >= 4 is 49.9 Å². The average molecular weight is 450 g/mol. The lowest BCUT2D eigenvalue weighted by molar-refractivity contribution is -0.113. The fourth-order valence-corrected chi connectivity index (χ4v) is 3.90. The van der Waals surface area contributed by atoms with Crippen LogP contribution in [0.3, 0.4) is 0 Å². The number of hydrogen-bond donors (Lipinski definition) is 1. The molecule has 0 atom stereocenters. The van der Waals surface area contributed by atoms with Gasteiger partial charge in [-0.2, -0.15) is 5.26 Å². The van der Waals surface area contributed by atoms with Crippen LogP contribution in [0.1, 0.15) is 5.56 Å². The maximum absolute atomic E-state index is 12.2. The fraction of sp³-hybridized carbons (Fsp3) is 0.125. The molecule has 0 fully saturated rings. The van der Waals surface area contributed by atoms with Crippen molar-refractivity contribution in [3.05, 3.63) is 46.5 Å². The van der Waals surface area contributed by atoms with Crippen LogP contribution >= 0.6 is 39.0 Å². The Morgan fingerprint density at radius 3 is 3.04 bits per heavy atom. The normalized spacial score (nSPS) is 10.5. The van der Waals surface area contributed by atoms with Gasteiger partial charge in [-0.15, -0.1) is 28.1 Å². The summed E-state index contributed by atoms with van der Waals surface area (Å²) in [5.74, 6) is 1.05. The van der Waals surface area contributed by atoms with E-state index in [1.807, 2.05) is 10.6 Å². The minimum Gasteiger partial charge on any atom is -0.446 e. The van der Waals surface area contributed by atoms with Gasteiger partial charge < -0.3 is 9.73 Å². The molecule has 7 nitrogen and oxygen atoms in total. The Labute approximate surface area is 165 Å². The first-order valence-corrected chi connectivity index (χ1v) is 9.98. The molecule has 26 heavy (non-hydrogen) atoms. The van der Waals surface area contributed by atoms with Gasteiger partial charge in [-0.1, -0.05) is 17.8 Å². The molecule has 0 aliphatic heterocycles. The summed E-state index contributed by atoms with van der Waals surface area (Å²) in [4.78, 5) is 12.2. The lowest BCUT2D eigenvalue weighted by atomic mass is 10.3. The molecule has 3 aromatic heterocycles. The van der Waals surface area contributed by atoms with Crippen molar-refractivity contribution < 1.29 is 9.21 Å². The van der Waals surface area contributed by atoms with Crippen LogP contribution in [0.15, 0.2) is 50.5 Å². The van der Waals surface area contributed by atoms with Crippen LogP contribution in [0.25, 0.3) is 11.6 Å². The van der Waals surface area contributed by atoms with Crippen LogP contribution in [0.4, 0.5) is 5.00 Å². The lowest BCUT2D eigenvalue weighted by Gasteiger charge is -2.06. The fourth-order valence-electron chi connectivity index (χ4n) is 2.09. The Kier molecular flexibility index (Phi) is 5.92. The smallest absolute Gasteiger partial charge is 0.235 e. The Bertz CT molecular complexity index is 985. The molecule has 0 aliphatic rings. The van der Waals surface area contributed by atoms with Gasteiger partial charge in [0.2, 0.25) is 11.7 Å². The molecule has 10 heteroatoms. The molecule has 0 saturated heterocycles. The van der Waals surface area contributed by atoms with Gasteiger partial charge in [0, 0.05) is 6.54 Å². The third-order valence-electron chi connectivity index (χ3n) is 3.19. The molecule has 0 aliphatic carbocycles. The number of anilines is 1. The number of allylic oxidation sites excluding steroid dienone is 1. The molecule has 0 radical (unpaired) electrons. The van der Waals surface area contributed by atoms with Crippen molar-refractivity contribution in [3.8, 4) is 17.7 Å². The zero-order chi connectivity index (χ0) is 18.5. The van der Waals surface area contributed by atoms with Gasteiger partial charge in [0.05, 0.1) is 11.3 Å². The summed E-state index contributed by atoms with van der Waals surface area (Å²) >= 11 is 5.83. The molecule has 0 saturated carbocycles. The predicted molar refractivity (Wildman–Crippen MR) is 104 cm³/mol. The van der Waals surface area contributed by atoms with Crippen LogP contribution in [0, 0.1) is 11.3 Å². The predicted octanol–water partition coefficient (Wildman–Crippen LogP) is 4.15. The third kappa shape index (κ3) is 4.07. The summed E-state index contributed by atoms with van der Waals surface area (Å²) in [7, 11) is 0. The first-order chi connectivity index (χ1) is 12.6. The van der Waals surface area contributed by atoms with Gasteiger partial charge in [-0.25, -0.2) is 0 Å². The van der Waals surface area contributed by atoms with Gasteiger partial charge in [0.15, 0.2) is 15.6 Å². The first kappa shape index (κ1) is 18.4. The highest BCUT2D eigenvalue weighted by Crippen LogP contribution is 2.28. The number of thiophene rings is 1. The Balaban J connectivity index is 1.71. The number of thioether (sulfide) groups is 1. The van der Waals surface area contributed by atoms with E-state index in [1.54, 1.807) is 29.7 Å². The van der Waals surface area contributed by atoms with E-state index in [2.05, 4.69) is 38.0 Å².